The Kier molecular flexibility index (Phi) is 7.17. The third-order valence-electron chi connectivity index (χ3n) is 5.27. The Morgan fingerprint density at radius 1 is 1.00 bits per heavy atom. The Labute approximate surface area is 183 Å². The van der Waals surface area contributed by atoms with Gasteiger partial charge in [-0.15, -0.1) is 0 Å². The largest absolute Gasteiger partial charge is 0.471 e. The number of alkyl halides is 3. The van der Waals surface area contributed by atoms with Gasteiger partial charge in [-0.25, -0.2) is 0 Å². The molecule has 3 rings (SSSR count). The first-order valence-electron chi connectivity index (χ1n) is 10.3. The van der Waals surface area contributed by atoms with Gasteiger partial charge in [0.25, 0.3) is 0 Å². The third kappa shape index (κ3) is 5.66. The first kappa shape index (κ1) is 23.3. The highest BCUT2D eigenvalue weighted by atomic mass is 19.4. The molecule has 2 aromatic rings. The number of carbonyl (C=O) groups is 3. The van der Waals surface area contributed by atoms with Crippen LogP contribution in [-0.2, 0) is 27.2 Å². The van der Waals surface area contributed by atoms with Crippen LogP contribution in [0.25, 0.3) is 0 Å². The maximum Gasteiger partial charge on any atom is 0.471 e. The molecule has 6 nitrogen and oxygen atoms in total. The minimum absolute atomic E-state index is 0.151. The van der Waals surface area contributed by atoms with Crippen molar-refractivity contribution in [3.63, 3.8) is 0 Å². The molecule has 0 saturated carbocycles. The summed E-state index contributed by atoms with van der Waals surface area (Å²) >= 11 is 0. The molecule has 1 aliphatic heterocycles. The van der Waals surface area contributed by atoms with Gasteiger partial charge in [0.15, 0.2) is 0 Å². The van der Waals surface area contributed by atoms with Crippen molar-refractivity contribution in [3.8, 4) is 0 Å². The molecular formula is C23H24F3N3O3. The van der Waals surface area contributed by atoms with Crippen molar-refractivity contribution in [2.24, 2.45) is 0 Å². The Morgan fingerprint density at radius 3 is 2.34 bits per heavy atom. The molecule has 0 fully saturated rings. The van der Waals surface area contributed by atoms with E-state index in [2.05, 4.69) is 5.32 Å². The number of anilines is 1. The van der Waals surface area contributed by atoms with E-state index >= 15 is 0 Å². The van der Waals surface area contributed by atoms with Crippen molar-refractivity contribution in [1.29, 1.82) is 0 Å². The molecule has 0 spiro atoms. The van der Waals surface area contributed by atoms with E-state index in [0.717, 1.165) is 24.1 Å². The number of rotatable bonds is 6. The fourth-order valence-corrected chi connectivity index (χ4v) is 3.67. The zero-order valence-electron chi connectivity index (χ0n) is 17.5. The first-order valence-corrected chi connectivity index (χ1v) is 10.3. The van der Waals surface area contributed by atoms with Gasteiger partial charge in [-0.05, 0) is 37.0 Å². The zero-order valence-corrected chi connectivity index (χ0v) is 17.5. The maximum absolute atomic E-state index is 13.0. The van der Waals surface area contributed by atoms with Crippen LogP contribution in [0.1, 0.15) is 24.5 Å². The van der Waals surface area contributed by atoms with Gasteiger partial charge in [-0.1, -0.05) is 48.5 Å². The van der Waals surface area contributed by atoms with E-state index in [1.165, 1.54) is 6.92 Å². The summed E-state index contributed by atoms with van der Waals surface area (Å²) in [7, 11) is 0. The molecule has 1 heterocycles. The fraction of sp³-hybridized carbons (Fsp3) is 0.348. The van der Waals surface area contributed by atoms with Gasteiger partial charge in [0, 0.05) is 18.7 Å². The van der Waals surface area contributed by atoms with Crippen molar-refractivity contribution in [3.05, 3.63) is 65.7 Å². The van der Waals surface area contributed by atoms with E-state index in [0.29, 0.717) is 12.1 Å². The van der Waals surface area contributed by atoms with Crippen molar-refractivity contribution < 1.29 is 27.6 Å². The average molecular weight is 447 g/mol. The van der Waals surface area contributed by atoms with Crippen LogP contribution in [-0.4, -0.2) is 42.5 Å². The van der Waals surface area contributed by atoms with Crippen LogP contribution in [0.4, 0.5) is 18.9 Å². The Bertz CT molecular complexity index is 979. The summed E-state index contributed by atoms with van der Waals surface area (Å²) in [6.07, 6.45) is -3.68. The monoisotopic (exact) mass is 447 g/mol. The number of nitrogens with one attached hydrogen (secondary N) is 2. The van der Waals surface area contributed by atoms with E-state index in [9.17, 15) is 27.6 Å². The summed E-state index contributed by atoms with van der Waals surface area (Å²) in [6.45, 7) is 1.96. The van der Waals surface area contributed by atoms with Gasteiger partial charge in [0.1, 0.15) is 12.1 Å². The fourth-order valence-electron chi connectivity index (χ4n) is 3.67. The quantitative estimate of drug-likeness (QED) is 0.715. The molecule has 32 heavy (non-hydrogen) atoms. The number of nitrogens with zero attached hydrogens (tertiary/aromatic N) is 1. The van der Waals surface area contributed by atoms with Gasteiger partial charge < -0.3 is 15.5 Å². The smallest absolute Gasteiger partial charge is 0.343 e. The molecule has 2 N–H and O–H groups in total. The molecule has 0 unspecified atom stereocenters. The van der Waals surface area contributed by atoms with Crippen molar-refractivity contribution in [2.75, 3.05) is 11.4 Å². The second-order valence-corrected chi connectivity index (χ2v) is 7.67. The van der Waals surface area contributed by atoms with Crippen LogP contribution in [0, 0.1) is 0 Å². The van der Waals surface area contributed by atoms with Crippen molar-refractivity contribution in [1.82, 2.24) is 10.6 Å². The zero-order chi connectivity index (χ0) is 23.3. The lowest BCUT2D eigenvalue weighted by Gasteiger charge is -2.32. The van der Waals surface area contributed by atoms with Gasteiger partial charge in [-0.2, -0.15) is 13.2 Å². The molecule has 9 heteroatoms. The van der Waals surface area contributed by atoms with Crippen LogP contribution in [0.2, 0.25) is 0 Å². The highest BCUT2D eigenvalue weighted by Gasteiger charge is 2.41. The summed E-state index contributed by atoms with van der Waals surface area (Å²) in [5.41, 5.74) is 2.35. The van der Waals surface area contributed by atoms with E-state index in [4.69, 9.17) is 0 Å². The predicted octanol–water partition coefficient (Wildman–Crippen LogP) is 2.76. The van der Waals surface area contributed by atoms with Crippen molar-refractivity contribution >= 4 is 23.4 Å². The number of carbonyl (C=O) groups excluding carboxylic acids is 3. The number of aryl methyl sites for hydroxylation is 1. The molecule has 0 aromatic heterocycles. The van der Waals surface area contributed by atoms with E-state index in [-0.39, 0.29) is 12.3 Å². The molecule has 1 aliphatic rings. The van der Waals surface area contributed by atoms with Crippen molar-refractivity contribution in [2.45, 2.75) is 44.4 Å². The third-order valence-corrected chi connectivity index (χ3v) is 5.27. The van der Waals surface area contributed by atoms with Crippen LogP contribution >= 0.6 is 0 Å². The number of fused-ring (bicyclic) bond motifs is 1. The van der Waals surface area contributed by atoms with Crippen LogP contribution < -0.4 is 15.5 Å². The Morgan fingerprint density at radius 2 is 1.66 bits per heavy atom. The summed E-state index contributed by atoms with van der Waals surface area (Å²) in [5.74, 6) is -3.44. The first-order chi connectivity index (χ1) is 15.2. The molecule has 2 atom stereocenters. The number of hydrogen-bond acceptors (Lipinski definition) is 3. The Hall–Kier alpha value is -3.36. The molecule has 0 saturated heterocycles. The predicted molar refractivity (Wildman–Crippen MR) is 113 cm³/mol. The highest BCUT2D eigenvalue weighted by Crippen LogP contribution is 2.27. The van der Waals surface area contributed by atoms with Gasteiger partial charge in [-0.3, -0.25) is 14.4 Å². The molecule has 2 aromatic carbocycles. The number of benzene rings is 2. The minimum Gasteiger partial charge on any atom is -0.343 e. The van der Waals surface area contributed by atoms with E-state index in [1.807, 2.05) is 24.3 Å². The highest BCUT2D eigenvalue weighted by molar-refractivity contribution is 6.00. The van der Waals surface area contributed by atoms with Gasteiger partial charge in [0.2, 0.25) is 11.8 Å². The van der Waals surface area contributed by atoms with Gasteiger partial charge in [0.05, 0.1) is 0 Å². The van der Waals surface area contributed by atoms with Crippen LogP contribution in [0.5, 0.6) is 0 Å². The van der Waals surface area contributed by atoms with Crippen LogP contribution in [0.15, 0.2) is 54.6 Å². The lowest BCUT2D eigenvalue weighted by Crippen LogP contribution is -2.56. The normalized spacial score (nSPS) is 15.3. The van der Waals surface area contributed by atoms with Gasteiger partial charge >= 0.3 is 12.1 Å². The molecule has 170 valence electrons. The lowest BCUT2D eigenvalue weighted by atomic mass is 10.0. The minimum atomic E-state index is -5.13. The standard InChI is InChI=1S/C23H24F3N3O3/c1-15(21(31)29-13-7-11-17-10-5-6-12-19(17)29)27-20(30)18(28-22(32)23(24,25)26)14-16-8-3-2-4-9-16/h2-6,8-10,12,15,18H,7,11,13-14H2,1H3,(H,27,30)(H,28,32)/t15-,18-/m0/s1. The molecule has 0 radical (unpaired) electrons. The Balaban J connectivity index is 1.73. The summed E-state index contributed by atoms with van der Waals surface area (Å²) in [5, 5.41) is 4.22. The molecule has 0 aliphatic carbocycles. The topological polar surface area (TPSA) is 78.5 Å². The van der Waals surface area contributed by atoms with E-state index < -0.39 is 30.1 Å². The maximum atomic E-state index is 13.0. The average Bonchev–Trinajstić information content (AvgIpc) is 2.77. The summed E-state index contributed by atoms with van der Waals surface area (Å²) < 4.78 is 38.3. The van der Waals surface area contributed by atoms with E-state index in [1.54, 1.807) is 40.5 Å². The molecule has 0 bridgehead atoms. The molecule has 3 amide bonds. The summed E-state index contributed by atoms with van der Waals surface area (Å²) in [6, 6.07) is 13.3. The molecular weight excluding hydrogens is 423 g/mol. The summed E-state index contributed by atoms with van der Waals surface area (Å²) in [4.78, 5) is 38.8. The second kappa shape index (κ2) is 9.84. The lowest BCUT2D eigenvalue weighted by molar-refractivity contribution is -0.174. The number of para-hydroxylation sites is 1. The number of hydrogen-bond donors (Lipinski definition) is 2. The number of halogens is 3. The second-order valence-electron chi connectivity index (χ2n) is 7.67. The number of amides is 3. The van der Waals surface area contributed by atoms with Crippen LogP contribution in [0.3, 0.4) is 0 Å². The SMILES string of the molecule is C[C@H](NC(=O)[C@H](Cc1ccccc1)NC(=O)C(F)(F)F)C(=O)N1CCCc2ccccc21.